The Morgan fingerprint density at radius 2 is 1.83 bits per heavy atom. The molecule has 7 heteroatoms. The normalized spacial score (nSPS) is 15.6. The van der Waals surface area contributed by atoms with Gasteiger partial charge in [0.05, 0.1) is 5.56 Å². The van der Waals surface area contributed by atoms with Gasteiger partial charge in [-0.3, -0.25) is 0 Å². The van der Waals surface area contributed by atoms with Gasteiger partial charge in [-0.1, -0.05) is 0 Å². The predicted octanol–water partition coefficient (Wildman–Crippen LogP) is 2.75. The van der Waals surface area contributed by atoms with Crippen LogP contribution in [0.2, 0.25) is 0 Å². The standard InChI is InChI=1S/C16H16FN3O2S/c17-12-3-5-13(6-4-12)19-8-10-20(11-9-19)23-15-14(16(21)22)2-1-7-18-15/h1-7H,8-11H2,(H,21,22). The van der Waals surface area contributed by atoms with Crippen molar-refractivity contribution in [2.24, 2.45) is 0 Å². The highest BCUT2D eigenvalue weighted by Crippen LogP contribution is 2.26. The number of anilines is 1. The summed E-state index contributed by atoms with van der Waals surface area (Å²) in [5, 5.41) is 9.71. The molecule has 1 N–H and O–H groups in total. The number of nitrogens with zero attached hydrogens (tertiary/aromatic N) is 3. The molecule has 0 unspecified atom stereocenters. The van der Waals surface area contributed by atoms with Crippen LogP contribution in [0.5, 0.6) is 0 Å². The fourth-order valence-electron chi connectivity index (χ4n) is 2.44. The van der Waals surface area contributed by atoms with Crippen molar-refractivity contribution in [2.75, 3.05) is 31.1 Å². The third kappa shape index (κ3) is 3.80. The summed E-state index contributed by atoms with van der Waals surface area (Å²) in [5.74, 6) is -1.20. The average Bonchev–Trinajstić information content (AvgIpc) is 2.57. The summed E-state index contributed by atoms with van der Waals surface area (Å²) in [4.78, 5) is 17.6. The highest BCUT2D eigenvalue weighted by Gasteiger charge is 2.21. The zero-order valence-electron chi connectivity index (χ0n) is 12.4. The van der Waals surface area contributed by atoms with Gasteiger partial charge in [-0.05, 0) is 48.3 Å². The summed E-state index contributed by atoms with van der Waals surface area (Å²) in [6.45, 7) is 3.15. The van der Waals surface area contributed by atoms with Crippen LogP contribution in [-0.2, 0) is 0 Å². The Morgan fingerprint density at radius 3 is 2.48 bits per heavy atom. The maximum atomic E-state index is 13.0. The van der Waals surface area contributed by atoms with Crippen LogP contribution in [0.25, 0.3) is 0 Å². The number of rotatable bonds is 4. The molecule has 3 rings (SSSR count). The smallest absolute Gasteiger partial charge is 0.338 e. The predicted molar refractivity (Wildman–Crippen MR) is 87.2 cm³/mol. The molecule has 0 spiro atoms. The van der Waals surface area contributed by atoms with E-state index in [0.717, 1.165) is 31.9 Å². The van der Waals surface area contributed by atoms with Crippen molar-refractivity contribution in [3.63, 3.8) is 0 Å². The van der Waals surface area contributed by atoms with E-state index in [-0.39, 0.29) is 11.4 Å². The number of piperazine rings is 1. The maximum absolute atomic E-state index is 13.0. The van der Waals surface area contributed by atoms with Crippen LogP contribution in [0.3, 0.4) is 0 Å². The average molecular weight is 333 g/mol. The number of carboxylic acids is 1. The van der Waals surface area contributed by atoms with E-state index >= 15 is 0 Å². The van der Waals surface area contributed by atoms with Crippen LogP contribution in [0.1, 0.15) is 10.4 Å². The number of halogens is 1. The summed E-state index contributed by atoms with van der Waals surface area (Å²) in [5.41, 5.74) is 1.22. The zero-order chi connectivity index (χ0) is 16.2. The second-order valence-electron chi connectivity index (χ2n) is 5.15. The molecule has 0 radical (unpaired) electrons. The third-order valence-electron chi connectivity index (χ3n) is 3.65. The van der Waals surface area contributed by atoms with Gasteiger partial charge >= 0.3 is 5.97 Å². The largest absolute Gasteiger partial charge is 0.478 e. The Kier molecular flexibility index (Phi) is 4.78. The van der Waals surface area contributed by atoms with Crippen LogP contribution in [0.15, 0.2) is 47.6 Å². The lowest BCUT2D eigenvalue weighted by atomic mass is 10.2. The molecule has 1 aromatic carbocycles. The molecule has 1 saturated heterocycles. The van der Waals surface area contributed by atoms with Gasteiger partial charge in [-0.25, -0.2) is 18.5 Å². The van der Waals surface area contributed by atoms with Gasteiger partial charge in [0.25, 0.3) is 0 Å². The van der Waals surface area contributed by atoms with Crippen LogP contribution < -0.4 is 4.90 Å². The maximum Gasteiger partial charge on any atom is 0.338 e. The number of hydrogen-bond acceptors (Lipinski definition) is 5. The Balaban J connectivity index is 1.61. The van der Waals surface area contributed by atoms with Gasteiger partial charge in [-0.15, -0.1) is 0 Å². The van der Waals surface area contributed by atoms with Crippen molar-refractivity contribution in [3.05, 3.63) is 54.0 Å². The number of carboxylic acid groups (broad SMARTS) is 1. The molecule has 23 heavy (non-hydrogen) atoms. The number of benzene rings is 1. The number of pyridine rings is 1. The Bertz CT molecular complexity index is 688. The van der Waals surface area contributed by atoms with E-state index in [0.29, 0.717) is 5.03 Å². The molecule has 0 amide bonds. The molecule has 120 valence electrons. The Morgan fingerprint density at radius 1 is 1.13 bits per heavy atom. The van der Waals surface area contributed by atoms with E-state index in [1.54, 1.807) is 30.5 Å². The van der Waals surface area contributed by atoms with E-state index in [2.05, 4.69) is 14.2 Å². The SMILES string of the molecule is O=C(O)c1cccnc1SN1CCN(c2ccc(F)cc2)CC1. The molecule has 0 saturated carbocycles. The van der Waals surface area contributed by atoms with Crippen LogP contribution >= 0.6 is 11.9 Å². The molecule has 1 aliphatic rings. The van der Waals surface area contributed by atoms with Crippen molar-refractivity contribution in [2.45, 2.75) is 5.03 Å². The summed E-state index contributed by atoms with van der Waals surface area (Å²) >= 11 is 1.37. The molecule has 1 aliphatic heterocycles. The first kappa shape index (κ1) is 15.8. The van der Waals surface area contributed by atoms with Gasteiger partial charge in [0, 0.05) is 38.1 Å². The Labute approximate surface area is 137 Å². The molecule has 1 fully saturated rings. The monoisotopic (exact) mass is 333 g/mol. The van der Waals surface area contributed by atoms with E-state index in [1.807, 2.05) is 0 Å². The molecule has 1 aromatic heterocycles. The van der Waals surface area contributed by atoms with E-state index < -0.39 is 5.97 Å². The van der Waals surface area contributed by atoms with Gasteiger partial charge in [-0.2, -0.15) is 0 Å². The number of hydrogen-bond donors (Lipinski definition) is 1. The van der Waals surface area contributed by atoms with Crippen LogP contribution in [0, 0.1) is 5.82 Å². The molecule has 5 nitrogen and oxygen atoms in total. The lowest BCUT2D eigenvalue weighted by molar-refractivity contribution is 0.0692. The second-order valence-corrected chi connectivity index (χ2v) is 6.23. The topological polar surface area (TPSA) is 56.7 Å². The van der Waals surface area contributed by atoms with Crippen molar-refractivity contribution < 1.29 is 14.3 Å². The highest BCUT2D eigenvalue weighted by atomic mass is 32.2. The fraction of sp³-hybridized carbons (Fsp3) is 0.250. The van der Waals surface area contributed by atoms with Crippen molar-refractivity contribution >= 4 is 23.6 Å². The summed E-state index contributed by atoms with van der Waals surface area (Å²) in [7, 11) is 0. The first-order chi connectivity index (χ1) is 11.1. The zero-order valence-corrected chi connectivity index (χ0v) is 13.2. The van der Waals surface area contributed by atoms with E-state index in [4.69, 9.17) is 0 Å². The van der Waals surface area contributed by atoms with E-state index in [1.165, 1.54) is 24.1 Å². The highest BCUT2D eigenvalue weighted by molar-refractivity contribution is 7.97. The van der Waals surface area contributed by atoms with Gasteiger partial charge in [0.15, 0.2) is 0 Å². The molecule has 0 atom stereocenters. The molecule has 2 heterocycles. The summed E-state index contributed by atoms with van der Waals surface area (Å²) < 4.78 is 15.1. The molecule has 0 bridgehead atoms. The lowest BCUT2D eigenvalue weighted by Crippen LogP contribution is -2.43. The van der Waals surface area contributed by atoms with Crippen molar-refractivity contribution in [1.82, 2.24) is 9.29 Å². The van der Waals surface area contributed by atoms with Crippen LogP contribution in [-0.4, -0.2) is 46.5 Å². The summed E-state index contributed by atoms with van der Waals surface area (Å²) in [6, 6.07) is 9.66. The lowest BCUT2D eigenvalue weighted by Gasteiger charge is -2.35. The fourth-order valence-corrected chi connectivity index (χ4v) is 3.39. The van der Waals surface area contributed by atoms with Gasteiger partial charge in [0.1, 0.15) is 10.8 Å². The summed E-state index contributed by atoms with van der Waals surface area (Å²) in [6.07, 6.45) is 1.60. The first-order valence-corrected chi connectivity index (χ1v) is 8.02. The van der Waals surface area contributed by atoms with Gasteiger partial charge in [0.2, 0.25) is 0 Å². The number of aromatic carboxylic acids is 1. The molecule has 2 aromatic rings. The van der Waals surface area contributed by atoms with Crippen LogP contribution in [0.4, 0.5) is 10.1 Å². The van der Waals surface area contributed by atoms with Crippen molar-refractivity contribution in [3.8, 4) is 0 Å². The minimum atomic E-state index is -0.967. The second kappa shape index (κ2) is 6.97. The molecular weight excluding hydrogens is 317 g/mol. The van der Waals surface area contributed by atoms with E-state index in [9.17, 15) is 14.3 Å². The number of carbonyl (C=O) groups is 1. The minimum absolute atomic E-state index is 0.221. The number of aromatic nitrogens is 1. The Hall–Kier alpha value is -2.12. The van der Waals surface area contributed by atoms with Crippen molar-refractivity contribution in [1.29, 1.82) is 0 Å². The first-order valence-electron chi connectivity index (χ1n) is 7.25. The molecule has 0 aliphatic carbocycles. The molecular formula is C16H16FN3O2S. The van der Waals surface area contributed by atoms with Gasteiger partial charge < -0.3 is 10.0 Å². The quantitative estimate of drug-likeness (QED) is 0.868. The third-order valence-corrected chi connectivity index (χ3v) is 4.77. The minimum Gasteiger partial charge on any atom is -0.478 e.